The van der Waals surface area contributed by atoms with E-state index >= 15 is 0 Å². The first kappa shape index (κ1) is 14.4. The lowest BCUT2D eigenvalue weighted by Gasteiger charge is -2.30. The maximum Gasteiger partial charge on any atom is 0.246 e. The van der Waals surface area contributed by atoms with Crippen molar-refractivity contribution in [2.45, 2.75) is 32.7 Å². The van der Waals surface area contributed by atoms with E-state index in [1.807, 2.05) is 31.2 Å². The number of nitrogens with one attached hydrogen (secondary N) is 2. The molecular weight excluding hydrogens is 254 g/mol. The second kappa shape index (κ2) is 6.41. The largest absolute Gasteiger partial charge is 0.374 e. The Morgan fingerprint density at radius 3 is 2.95 bits per heavy atom. The summed E-state index contributed by atoms with van der Waals surface area (Å²) in [4.78, 5) is 25.6. The Balaban J connectivity index is 2.05. The fourth-order valence-corrected chi connectivity index (χ4v) is 2.40. The van der Waals surface area contributed by atoms with Gasteiger partial charge in [-0.05, 0) is 25.5 Å². The van der Waals surface area contributed by atoms with E-state index in [2.05, 4.69) is 17.6 Å². The van der Waals surface area contributed by atoms with Crippen LogP contribution in [0.3, 0.4) is 0 Å². The summed E-state index contributed by atoms with van der Waals surface area (Å²) < 4.78 is 0. The molecule has 1 atom stereocenters. The number of carbonyl (C=O) groups excluding carboxylic acids is 2. The van der Waals surface area contributed by atoms with Gasteiger partial charge in [-0.1, -0.05) is 25.5 Å². The fourth-order valence-electron chi connectivity index (χ4n) is 2.40. The molecule has 5 nitrogen and oxygen atoms in total. The van der Waals surface area contributed by atoms with E-state index in [1.165, 1.54) is 0 Å². The third-order valence-electron chi connectivity index (χ3n) is 3.36. The number of anilines is 2. The maximum absolute atomic E-state index is 12.0. The van der Waals surface area contributed by atoms with E-state index < -0.39 is 0 Å². The molecule has 0 aliphatic carbocycles. The number of rotatable bonds is 5. The van der Waals surface area contributed by atoms with Gasteiger partial charge in [-0.2, -0.15) is 0 Å². The minimum absolute atomic E-state index is 0.0750. The van der Waals surface area contributed by atoms with Crippen LogP contribution in [0.5, 0.6) is 0 Å². The van der Waals surface area contributed by atoms with E-state index in [1.54, 1.807) is 4.90 Å². The molecule has 0 saturated heterocycles. The van der Waals surface area contributed by atoms with Crippen molar-refractivity contribution in [1.29, 1.82) is 0 Å². The molecule has 1 heterocycles. The van der Waals surface area contributed by atoms with Crippen molar-refractivity contribution in [2.24, 2.45) is 0 Å². The topological polar surface area (TPSA) is 61.4 Å². The molecule has 5 heteroatoms. The monoisotopic (exact) mass is 275 g/mol. The van der Waals surface area contributed by atoms with Crippen molar-refractivity contribution < 1.29 is 9.59 Å². The van der Waals surface area contributed by atoms with Gasteiger partial charge in [-0.25, -0.2) is 0 Å². The standard InChI is InChI=1S/C15H21N3O2/c1-3-6-11(2)17-14(19)10-18-13-8-5-4-7-12(13)16-9-15(18)20/h4-5,7-8,11,16H,3,6,9-10H2,1-2H3,(H,17,19). The number of hydrogen-bond acceptors (Lipinski definition) is 3. The number of amides is 2. The van der Waals surface area contributed by atoms with Crippen LogP contribution >= 0.6 is 0 Å². The van der Waals surface area contributed by atoms with Crippen molar-refractivity contribution in [1.82, 2.24) is 5.32 Å². The Morgan fingerprint density at radius 1 is 1.45 bits per heavy atom. The predicted molar refractivity (Wildman–Crippen MR) is 79.8 cm³/mol. The summed E-state index contributed by atoms with van der Waals surface area (Å²) >= 11 is 0. The third-order valence-corrected chi connectivity index (χ3v) is 3.36. The van der Waals surface area contributed by atoms with Crippen molar-refractivity contribution in [3.63, 3.8) is 0 Å². The number of carbonyl (C=O) groups is 2. The molecule has 0 bridgehead atoms. The van der Waals surface area contributed by atoms with Gasteiger partial charge in [0.25, 0.3) is 0 Å². The SMILES string of the molecule is CCCC(C)NC(=O)CN1C(=O)CNc2ccccc21. The van der Waals surface area contributed by atoms with Crippen molar-refractivity contribution >= 4 is 23.2 Å². The summed E-state index contributed by atoms with van der Waals surface area (Å²) in [7, 11) is 0. The summed E-state index contributed by atoms with van der Waals surface area (Å²) in [6, 6.07) is 7.67. The zero-order valence-corrected chi connectivity index (χ0v) is 12.0. The van der Waals surface area contributed by atoms with E-state index in [0.717, 1.165) is 24.2 Å². The van der Waals surface area contributed by atoms with Gasteiger partial charge in [0.15, 0.2) is 0 Å². The van der Waals surface area contributed by atoms with E-state index in [4.69, 9.17) is 0 Å². The van der Waals surface area contributed by atoms with Crippen LogP contribution in [0.2, 0.25) is 0 Å². The van der Waals surface area contributed by atoms with Gasteiger partial charge in [-0.3, -0.25) is 14.5 Å². The van der Waals surface area contributed by atoms with Gasteiger partial charge < -0.3 is 10.6 Å². The molecule has 1 aromatic carbocycles. The Morgan fingerprint density at radius 2 is 2.20 bits per heavy atom. The highest BCUT2D eigenvalue weighted by molar-refractivity contribution is 6.05. The van der Waals surface area contributed by atoms with E-state index in [0.29, 0.717) is 0 Å². The zero-order valence-electron chi connectivity index (χ0n) is 12.0. The van der Waals surface area contributed by atoms with Gasteiger partial charge in [0.05, 0.1) is 17.9 Å². The Kier molecular flexibility index (Phi) is 4.61. The van der Waals surface area contributed by atoms with E-state index in [-0.39, 0.29) is 30.9 Å². The molecule has 108 valence electrons. The highest BCUT2D eigenvalue weighted by Gasteiger charge is 2.25. The Labute approximate surface area is 119 Å². The molecule has 1 aliphatic rings. The van der Waals surface area contributed by atoms with Crippen molar-refractivity contribution in [3.8, 4) is 0 Å². The lowest BCUT2D eigenvalue weighted by Crippen LogP contribution is -2.47. The van der Waals surface area contributed by atoms with Crippen LogP contribution in [0.15, 0.2) is 24.3 Å². The minimum Gasteiger partial charge on any atom is -0.374 e. The Hall–Kier alpha value is -2.04. The highest BCUT2D eigenvalue weighted by Crippen LogP contribution is 2.28. The van der Waals surface area contributed by atoms with E-state index in [9.17, 15) is 9.59 Å². The molecule has 1 unspecified atom stereocenters. The van der Waals surface area contributed by atoms with Gasteiger partial charge in [0.1, 0.15) is 6.54 Å². The normalized spacial score (nSPS) is 15.3. The average Bonchev–Trinajstić information content (AvgIpc) is 2.42. The molecule has 2 rings (SSSR count). The lowest BCUT2D eigenvalue weighted by molar-refractivity contribution is -0.123. The van der Waals surface area contributed by atoms with Crippen LogP contribution in [0.25, 0.3) is 0 Å². The molecule has 0 radical (unpaired) electrons. The minimum atomic E-state index is -0.115. The second-order valence-electron chi connectivity index (χ2n) is 5.11. The molecule has 2 N–H and O–H groups in total. The Bertz CT molecular complexity index is 502. The molecule has 0 spiro atoms. The van der Waals surface area contributed by atoms with Crippen LogP contribution in [0.1, 0.15) is 26.7 Å². The fraction of sp³-hybridized carbons (Fsp3) is 0.467. The summed E-state index contributed by atoms with van der Waals surface area (Å²) in [5.41, 5.74) is 1.66. The highest BCUT2D eigenvalue weighted by atomic mass is 16.2. The third kappa shape index (κ3) is 3.29. The van der Waals surface area contributed by atoms with Gasteiger partial charge >= 0.3 is 0 Å². The summed E-state index contributed by atoms with van der Waals surface area (Å²) in [6.45, 7) is 4.37. The molecule has 20 heavy (non-hydrogen) atoms. The summed E-state index contributed by atoms with van der Waals surface area (Å²) in [5.74, 6) is -0.196. The van der Waals surface area contributed by atoms with Crippen LogP contribution in [0.4, 0.5) is 11.4 Å². The number of para-hydroxylation sites is 2. The molecule has 1 aliphatic heterocycles. The first-order valence-electron chi connectivity index (χ1n) is 7.04. The summed E-state index contributed by atoms with van der Waals surface area (Å²) in [6.07, 6.45) is 1.97. The number of fused-ring (bicyclic) bond motifs is 1. The molecule has 0 aromatic heterocycles. The molecule has 2 amide bonds. The van der Waals surface area contributed by atoms with Crippen LogP contribution in [-0.4, -0.2) is 30.9 Å². The van der Waals surface area contributed by atoms with Gasteiger partial charge in [0.2, 0.25) is 11.8 Å². The van der Waals surface area contributed by atoms with Gasteiger partial charge in [-0.15, -0.1) is 0 Å². The maximum atomic E-state index is 12.0. The first-order valence-corrected chi connectivity index (χ1v) is 7.04. The smallest absolute Gasteiger partial charge is 0.246 e. The molecular formula is C15H21N3O2. The van der Waals surface area contributed by atoms with Gasteiger partial charge in [0, 0.05) is 6.04 Å². The first-order chi connectivity index (χ1) is 9.61. The lowest BCUT2D eigenvalue weighted by atomic mass is 10.2. The van der Waals surface area contributed by atoms with Crippen LogP contribution < -0.4 is 15.5 Å². The summed E-state index contributed by atoms with van der Waals surface area (Å²) in [5, 5.41) is 5.98. The number of hydrogen-bond donors (Lipinski definition) is 2. The predicted octanol–water partition coefficient (Wildman–Crippen LogP) is 1.75. The zero-order chi connectivity index (χ0) is 14.5. The van der Waals surface area contributed by atoms with Crippen molar-refractivity contribution in [3.05, 3.63) is 24.3 Å². The molecule has 1 aromatic rings. The quantitative estimate of drug-likeness (QED) is 0.860. The van der Waals surface area contributed by atoms with Crippen molar-refractivity contribution in [2.75, 3.05) is 23.3 Å². The number of nitrogens with zero attached hydrogens (tertiary/aromatic N) is 1. The van der Waals surface area contributed by atoms with Crippen LogP contribution in [-0.2, 0) is 9.59 Å². The number of benzene rings is 1. The second-order valence-corrected chi connectivity index (χ2v) is 5.11. The molecule has 0 fully saturated rings. The van der Waals surface area contributed by atoms with Crippen LogP contribution in [0, 0.1) is 0 Å². The molecule has 0 saturated carbocycles. The average molecular weight is 275 g/mol.